The molecule has 0 aliphatic heterocycles. The van der Waals surface area contributed by atoms with Crippen LogP contribution in [0.5, 0.6) is 0 Å². The summed E-state index contributed by atoms with van der Waals surface area (Å²) in [5.41, 5.74) is 4.59. The fourth-order valence-electron chi connectivity index (χ4n) is 6.36. The van der Waals surface area contributed by atoms with Gasteiger partial charge >= 0.3 is 11.7 Å². The Kier molecular flexibility index (Phi) is 8.75. The van der Waals surface area contributed by atoms with Crippen molar-refractivity contribution >= 4 is 5.97 Å². The number of benzene rings is 1. The molecule has 3 unspecified atom stereocenters. The van der Waals surface area contributed by atoms with Crippen LogP contribution in [0.2, 0.25) is 0 Å². The molecule has 0 saturated heterocycles. The third-order valence-electron chi connectivity index (χ3n) is 8.57. The van der Waals surface area contributed by atoms with Crippen LogP contribution >= 0.6 is 0 Å². The van der Waals surface area contributed by atoms with Crippen molar-refractivity contribution in [1.29, 1.82) is 0 Å². The van der Waals surface area contributed by atoms with E-state index in [1.165, 1.54) is 0 Å². The van der Waals surface area contributed by atoms with Gasteiger partial charge in [0.25, 0.3) is 0 Å². The Morgan fingerprint density at radius 1 is 1.12 bits per heavy atom. The standard InChI is InChI=1S/C31H39N7O3/c1-4-5-8-24-19-38(28-25(20(2)3)9-6-7-10-27(28)30(39)40)31(41)37(24)18-23-17-32-16-15-26(23)21-11-13-22(14-12-21)29-33-35-36-34-29/h11-17,19-20,25,27-28H,4-10,18H2,1-3H3,(H,39,40)(H,33,34,35,36). The van der Waals surface area contributed by atoms with Crippen LogP contribution < -0.4 is 5.69 Å². The van der Waals surface area contributed by atoms with E-state index >= 15 is 0 Å². The molecule has 3 atom stereocenters. The molecule has 10 nitrogen and oxygen atoms in total. The normalized spacial score (nSPS) is 19.4. The Morgan fingerprint density at radius 3 is 2.56 bits per heavy atom. The van der Waals surface area contributed by atoms with Gasteiger partial charge in [0.05, 0.1) is 18.5 Å². The Labute approximate surface area is 239 Å². The van der Waals surface area contributed by atoms with E-state index in [-0.39, 0.29) is 23.6 Å². The topological polar surface area (TPSA) is 132 Å². The maximum atomic E-state index is 14.2. The highest BCUT2D eigenvalue weighted by atomic mass is 16.4. The zero-order valence-electron chi connectivity index (χ0n) is 24.0. The van der Waals surface area contributed by atoms with Crippen LogP contribution in [-0.2, 0) is 17.8 Å². The molecule has 1 fully saturated rings. The Balaban J connectivity index is 1.55. The van der Waals surface area contributed by atoms with Crippen molar-refractivity contribution < 1.29 is 9.90 Å². The minimum atomic E-state index is -0.809. The van der Waals surface area contributed by atoms with Crippen molar-refractivity contribution in [1.82, 2.24) is 34.7 Å². The number of aliphatic carboxylic acids is 1. The highest BCUT2D eigenvalue weighted by molar-refractivity contribution is 5.71. The minimum absolute atomic E-state index is 0.123. The molecule has 0 spiro atoms. The highest BCUT2D eigenvalue weighted by Crippen LogP contribution is 2.41. The molecule has 1 aliphatic carbocycles. The largest absolute Gasteiger partial charge is 0.481 e. The number of unbranched alkanes of at least 4 members (excludes halogenated alkanes) is 1. The van der Waals surface area contributed by atoms with E-state index in [1.54, 1.807) is 10.8 Å². The molecule has 0 radical (unpaired) electrons. The first-order chi connectivity index (χ1) is 19.9. The van der Waals surface area contributed by atoms with Crippen molar-refractivity contribution in [3.05, 3.63) is 70.7 Å². The summed E-state index contributed by atoms with van der Waals surface area (Å²) in [4.78, 5) is 31.1. The number of carboxylic acids is 1. The Hall–Kier alpha value is -4.08. The number of carbonyl (C=O) groups is 1. The van der Waals surface area contributed by atoms with Gasteiger partial charge < -0.3 is 5.11 Å². The second-order valence-corrected chi connectivity index (χ2v) is 11.5. The summed E-state index contributed by atoms with van der Waals surface area (Å²) in [6.45, 7) is 6.79. The molecular formula is C31H39N7O3. The van der Waals surface area contributed by atoms with Crippen LogP contribution in [0.15, 0.2) is 53.7 Å². The van der Waals surface area contributed by atoms with Gasteiger partial charge in [-0.15, -0.1) is 5.10 Å². The van der Waals surface area contributed by atoms with Gasteiger partial charge in [-0.1, -0.05) is 64.3 Å². The number of tetrazole rings is 1. The van der Waals surface area contributed by atoms with E-state index in [0.29, 0.717) is 18.8 Å². The lowest BCUT2D eigenvalue weighted by atomic mass is 9.80. The van der Waals surface area contributed by atoms with Crippen LogP contribution in [-0.4, -0.2) is 45.8 Å². The van der Waals surface area contributed by atoms with E-state index < -0.39 is 11.9 Å². The van der Waals surface area contributed by atoms with Crippen LogP contribution in [0.3, 0.4) is 0 Å². The van der Waals surface area contributed by atoms with Crippen LogP contribution in [0.1, 0.15) is 76.6 Å². The number of pyridine rings is 1. The van der Waals surface area contributed by atoms with Gasteiger partial charge in [-0.3, -0.25) is 18.9 Å². The van der Waals surface area contributed by atoms with Gasteiger partial charge in [-0.05, 0) is 70.7 Å². The number of aromatic amines is 1. The molecule has 0 amide bonds. The maximum Gasteiger partial charge on any atom is 0.328 e. The van der Waals surface area contributed by atoms with E-state index in [0.717, 1.165) is 66.5 Å². The average molecular weight is 558 g/mol. The number of nitrogens with zero attached hydrogens (tertiary/aromatic N) is 6. The molecule has 216 valence electrons. The van der Waals surface area contributed by atoms with Crippen LogP contribution in [0.4, 0.5) is 0 Å². The summed E-state index contributed by atoms with van der Waals surface area (Å²) in [5.74, 6) is -0.396. The molecule has 0 bridgehead atoms. The van der Waals surface area contributed by atoms with Gasteiger partial charge in [0.2, 0.25) is 0 Å². The Bertz CT molecular complexity index is 1510. The van der Waals surface area contributed by atoms with Crippen LogP contribution in [0, 0.1) is 17.8 Å². The molecule has 3 heterocycles. The second-order valence-electron chi connectivity index (χ2n) is 11.5. The summed E-state index contributed by atoms with van der Waals surface area (Å²) < 4.78 is 3.61. The number of hydrogen-bond acceptors (Lipinski definition) is 6. The van der Waals surface area contributed by atoms with Crippen molar-refractivity contribution in [3.63, 3.8) is 0 Å². The van der Waals surface area contributed by atoms with E-state index in [2.05, 4.69) is 46.4 Å². The smallest absolute Gasteiger partial charge is 0.328 e. The minimum Gasteiger partial charge on any atom is -0.481 e. The molecule has 1 aromatic carbocycles. The number of rotatable bonds is 10. The lowest BCUT2D eigenvalue weighted by molar-refractivity contribution is -0.144. The third kappa shape index (κ3) is 6.01. The molecule has 1 saturated carbocycles. The number of imidazole rings is 1. The van der Waals surface area contributed by atoms with Crippen molar-refractivity contribution in [2.24, 2.45) is 17.8 Å². The monoisotopic (exact) mass is 557 g/mol. The second kappa shape index (κ2) is 12.6. The van der Waals surface area contributed by atoms with Gasteiger partial charge in [0.15, 0.2) is 5.82 Å². The molecule has 4 aromatic rings. The summed E-state index contributed by atoms with van der Waals surface area (Å²) >= 11 is 0. The highest BCUT2D eigenvalue weighted by Gasteiger charge is 2.40. The Morgan fingerprint density at radius 2 is 1.88 bits per heavy atom. The summed E-state index contributed by atoms with van der Waals surface area (Å²) in [6, 6.07) is 9.55. The average Bonchev–Trinajstić information content (AvgIpc) is 3.54. The van der Waals surface area contributed by atoms with Crippen molar-refractivity contribution in [2.45, 2.75) is 78.3 Å². The van der Waals surface area contributed by atoms with E-state index in [1.807, 2.05) is 47.3 Å². The summed E-state index contributed by atoms with van der Waals surface area (Å²) in [7, 11) is 0. The SMILES string of the molecule is CCCCc1cn(C2C(C(=O)O)CCCCC2C(C)C)c(=O)n1Cc1cnccc1-c1ccc(-c2nnn[nH]2)cc1. The van der Waals surface area contributed by atoms with Gasteiger partial charge in [-0.25, -0.2) is 9.89 Å². The first-order valence-corrected chi connectivity index (χ1v) is 14.7. The van der Waals surface area contributed by atoms with Gasteiger partial charge in [0.1, 0.15) is 0 Å². The summed E-state index contributed by atoms with van der Waals surface area (Å²) in [5, 5.41) is 24.3. The number of nitrogens with one attached hydrogen (secondary N) is 1. The molecule has 1 aliphatic rings. The van der Waals surface area contributed by atoms with Gasteiger partial charge in [-0.2, -0.15) is 0 Å². The number of carboxylic acid groups (broad SMARTS) is 1. The van der Waals surface area contributed by atoms with Gasteiger partial charge in [0, 0.05) is 29.8 Å². The molecule has 10 heteroatoms. The van der Waals surface area contributed by atoms with Crippen LogP contribution in [0.25, 0.3) is 22.5 Å². The van der Waals surface area contributed by atoms with E-state index in [4.69, 9.17) is 0 Å². The molecule has 41 heavy (non-hydrogen) atoms. The molecule has 2 N–H and O–H groups in total. The number of aromatic nitrogens is 7. The fraction of sp³-hybridized carbons (Fsp3) is 0.484. The predicted octanol–water partition coefficient (Wildman–Crippen LogP) is 5.37. The number of H-pyrrole nitrogens is 1. The zero-order valence-corrected chi connectivity index (χ0v) is 24.0. The third-order valence-corrected chi connectivity index (χ3v) is 8.57. The predicted molar refractivity (Wildman–Crippen MR) is 156 cm³/mol. The fourth-order valence-corrected chi connectivity index (χ4v) is 6.36. The zero-order chi connectivity index (χ0) is 28.9. The lowest BCUT2D eigenvalue weighted by Gasteiger charge is -2.32. The number of aryl methyl sites for hydroxylation is 1. The molecular weight excluding hydrogens is 518 g/mol. The lowest BCUT2D eigenvalue weighted by Crippen LogP contribution is -2.39. The van der Waals surface area contributed by atoms with Crippen molar-refractivity contribution in [3.8, 4) is 22.5 Å². The van der Waals surface area contributed by atoms with Crippen molar-refractivity contribution in [2.75, 3.05) is 0 Å². The summed E-state index contributed by atoms with van der Waals surface area (Å²) in [6.07, 6.45) is 11.6. The first-order valence-electron chi connectivity index (χ1n) is 14.7. The maximum absolute atomic E-state index is 14.2. The number of hydrogen-bond donors (Lipinski definition) is 2. The quantitative estimate of drug-likeness (QED) is 0.251. The van der Waals surface area contributed by atoms with E-state index in [9.17, 15) is 14.7 Å². The molecule has 5 rings (SSSR count). The first kappa shape index (κ1) is 28.4. The molecule has 3 aromatic heterocycles.